The molecule has 1 rings (SSSR count). The van der Waals surface area contributed by atoms with Crippen LogP contribution in [0, 0.1) is 10.1 Å². The Morgan fingerprint density at radius 1 is 1.43 bits per heavy atom. The molecule has 0 saturated carbocycles. The van der Waals surface area contributed by atoms with Gasteiger partial charge in [-0.1, -0.05) is 6.92 Å². The Balaban J connectivity index is 2.80. The van der Waals surface area contributed by atoms with Crippen molar-refractivity contribution in [2.24, 2.45) is 0 Å². The zero-order valence-corrected chi connectivity index (χ0v) is 12.0. The van der Waals surface area contributed by atoms with Crippen LogP contribution in [-0.2, 0) is 10.0 Å². The molecular formula is C11H15N3O6S. The van der Waals surface area contributed by atoms with E-state index in [1.165, 1.54) is 6.07 Å². The third kappa shape index (κ3) is 5.00. The van der Waals surface area contributed by atoms with Crippen LogP contribution in [0.25, 0.3) is 0 Å². The number of nitrogens with one attached hydrogen (secondary N) is 2. The van der Waals surface area contributed by atoms with E-state index in [1.807, 2.05) is 0 Å². The second-order valence-electron chi connectivity index (χ2n) is 4.04. The van der Waals surface area contributed by atoms with Crippen molar-refractivity contribution in [2.75, 3.05) is 24.2 Å². The molecular weight excluding hydrogens is 302 g/mol. The molecule has 10 heteroatoms. The number of nitro benzene ring substituents is 1. The van der Waals surface area contributed by atoms with E-state index in [9.17, 15) is 23.3 Å². The summed E-state index contributed by atoms with van der Waals surface area (Å²) in [6.45, 7) is 1.97. The zero-order valence-electron chi connectivity index (χ0n) is 11.2. The maximum atomic E-state index is 11.4. The third-order valence-corrected chi connectivity index (χ3v) is 3.96. The van der Waals surface area contributed by atoms with Crippen LogP contribution in [0.1, 0.15) is 17.3 Å². The highest BCUT2D eigenvalue weighted by Crippen LogP contribution is 2.23. The van der Waals surface area contributed by atoms with E-state index in [2.05, 4.69) is 10.0 Å². The number of nitro groups is 1. The molecule has 0 heterocycles. The topological polar surface area (TPSA) is 139 Å². The number of rotatable bonds is 8. The van der Waals surface area contributed by atoms with Crippen LogP contribution in [-0.4, -0.2) is 43.3 Å². The van der Waals surface area contributed by atoms with Crippen LogP contribution < -0.4 is 10.0 Å². The van der Waals surface area contributed by atoms with Gasteiger partial charge in [-0.2, -0.15) is 0 Å². The fourth-order valence-corrected chi connectivity index (χ4v) is 2.55. The summed E-state index contributed by atoms with van der Waals surface area (Å²) in [6.07, 6.45) is 0. The van der Waals surface area contributed by atoms with Crippen LogP contribution in [0.4, 0.5) is 11.4 Å². The Morgan fingerprint density at radius 2 is 2.10 bits per heavy atom. The normalized spacial score (nSPS) is 11.1. The summed E-state index contributed by atoms with van der Waals surface area (Å²) >= 11 is 0. The molecule has 0 saturated heterocycles. The van der Waals surface area contributed by atoms with Crippen LogP contribution in [0.15, 0.2) is 18.2 Å². The number of aromatic carboxylic acids is 1. The second-order valence-corrected chi connectivity index (χ2v) is 5.96. The fraction of sp³-hybridized carbons (Fsp3) is 0.364. The SMILES string of the molecule is CCNS(=O)(=O)CCNc1ccc(C(=O)O)c([N+](=O)[O-])c1. The lowest BCUT2D eigenvalue weighted by Gasteiger charge is -2.08. The van der Waals surface area contributed by atoms with E-state index in [-0.39, 0.29) is 24.5 Å². The van der Waals surface area contributed by atoms with Crippen molar-refractivity contribution in [2.45, 2.75) is 6.92 Å². The number of hydrogen-bond donors (Lipinski definition) is 3. The maximum absolute atomic E-state index is 11.4. The lowest BCUT2D eigenvalue weighted by atomic mass is 10.1. The van der Waals surface area contributed by atoms with Crippen LogP contribution in [0.3, 0.4) is 0 Å². The first-order valence-electron chi connectivity index (χ1n) is 5.99. The summed E-state index contributed by atoms with van der Waals surface area (Å²) in [5.74, 6) is -1.60. The zero-order chi connectivity index (χ0) is 16.0. The minimum absolute atomic E-state index is 0.0406. The van der Waals surface area contributed by atoms with Gasteiger partial charge < -0.3 is 10.4 Å². The van der Waals surface area contributed by atoms with Gasteiger partial charge in [0.05, 0.1) is 10.7 Å². The monoisotopic (exact) mass is 317 g/mol. The van der Waals surface area contributed by atoms with E-state index in [0.29, 0.717) is 0 Å². The first-order valence-corrected chi connectivity index (χ1v) is 7.65. The lowest BCUT2D eigenvalue weighted by Crippen LogP contribution is -2.29. The van der Waals surface area contributed by atoms with E-state index in [1.54, 1.807) is 6.92 Å². The molecule has 0 aliphatic carbocycles. The summed E-state index contributed by atoms with van der Waals surface area (Å²) in [4.78, 5) is 20.8. The minimum Gasteiger partial charge on any atom is -0.477 e. The molecule has 3 N–H and O–H groups in total. The van der Waals surface area contributed by atoms with Crippen LogP contribution >= 0.6 is 0 Å². The predicted molar refractivity (Wildman–Crippen MR) is 76.0 cm³/mol. The third-order valence-electron chi connectivity index (χ3n) is 2.49. The van der Waals surface area contributed by atoms with Crippen LogP contribution in [0.5, 0.6) is 0 Å². The molecule has 0 amide bonds. The van der Waals surface area contributed by atoms with Crippen molar-refractivity contribution >= 4 is 27.4 Å². The van der Waals surface area contributed by atoms with Crippen LogP contribution in [0.2, 0.25) is 0 Å². The van der Waals surface area contributed by atoms with Crippen molar-refractivity contribution < 1.29 is 23.2 Å². The Morgan fingerprint density at radius 3 is 2.62 bits per heavy atom. The Kier molecular flexibility index (Phi) is 5.61. The number of carboxylic acids is 1. The second kappa shape index (κ2) is 6.99. The summed E-state index contributed by atoms with van der Waals surface area (Å²) in [5.41, 5.74) is -0.703. The van der Waals surface area contributed by atoms with Gasteiger partial charge in [-0.15, -0.1) is 0 Å². The number of carbonyl (C=O) groups is 1. The summed E-state index contributed by atoms with van der Waals surface area (Å²) in [7, 11) is -3.39. The average Bonchev–Trinajstić information content (AvgIpc) is 2.37. The van der Waals surface area contributed by atoms with E-state index in [4.69, 9.17) is 5.11 Å². The highest BCUT2D eigenvalue weighted by Gasteiger charge is 2.20. The van der Waals surface area contributed by atoms with E-state index >= 15 is 0 Å². The molecule has 0 bridgehead atoms. The van der Waals surface area contributed by atoms with Gasteiger partial charge in [0.15, 0.2) is 0 Å². The molecule has 0 aliphatic heterocycles. The molecule has 21 heavy (non-hydrogen) atoms. The molecule has 116 valence electrons. The molecule has 9 nitrogen and oxygen atoms in total. The Hall–Kier alpha value is -2.20. The summed E-state index contributed by atoms with van der Waals surface area (Å²) < 4.78 is 25.1. The van der Waals surface area contributed by atoms with Gasteiger partial charge in [0, 0.05) is 24.8 Å². The van der Waals surface area contributed by atoms with E-state index in [0.717, 1.165) is 12.1 Å². The van der Waals surface area contributed by atoms with Gasteiger partial charge >= 0.3 is 5.97 Å². The Labute approximate surface area is 121 Å². The van der Waals surface area contributed by atoms with Gasteiger partial charge in [0.25, 0.3) is 5.69 Å². The number of carboxylic acid groups (broad SMARTS) is 1. The molecule has 0 atom stereocenters. The molecule has 0 unspecified atom stereocenters. The first-order chi connectivity index (χ1) is 9.76. The maximum Gasteiger partial charge on any atom is 0.342 e. The standard InChI is InChI=1S/C11H15N3O6S/c1-2-13-21(19,20)6-5-12-8-3-4-9(11(15)16)10(7-8)14(17)18/h3-4,7,12-13H,2,5-6H2,1H3,(H,15,16). The molecule has 0 spiro atoms. The number of sulfonamides is 1. The van der Waals surface area contributed by atoms with E-state index < -0.39 is 32.2 Å². The molecule has 0 aromatic heterocycles. The highest BCUT2D eigenvalue weighted by molar-refractivity contribution is 7.89. The largest absolute Gasteiger partial charge is 0.477 e. The van der Waals surface area contributed by atoms with Crippen molar-refractivity contribution in [1.29, 1.82) is 0 Å². The number of benzene rings is 1. The first kappa shape index (κ1) is 16.9. The Bertz CT molecular complexity index is 643. The molecule has 0 aliphatic rings. The van der Waals surface area contributed by atoms with Crippen molar-refractivity contribution in [1.82, 2.24) is 4.72 Å². The number of nitrogens with zero attached hydrogens (tertiary/aromatic N) is 1. The summed E-state index contributed by atoms with van der Waals surface area (Å²) in [6, 6.07) is 3.50. The minimum atomic E-state index is -3.39. The van der Waals surface area contributed by atoms with Gasteiger partial charge in [-0.3, -0.25) is 10.1 Å². The van der Waals surface area contributed by atoms with Crippen molar-refractivity contribution in [3.05, 3.63) is 33.9 Å². The quantitative estimate of drug-likeness (QED) is 0.472. The fourth-order valence-electron chi connectivity index (χ4n) is 1.60. The van der Waals surface area contributed by atoms with Gasteiger partial charge in [-0.25, -0.2) is 17.9 Å². The smallest absolute Gasteiger partial charge is 0.342 e. The molecule has 0 fully saturated rings. The van der Waals surface area contributed by atoms with Crippen molar-refractivity contribution in [3.8, 4) is 0 Å². The molecule has 0 radical (unpaired) electrons. The molecule has 1 aromatic carbocycles. The van der Waals surface area contributed by atoms with Gasteiger partial charge in [0.1, 0.15) is 5.56 Å². The van der Waals surface area contributed by atoms with Crippen molar-refractivity contribution in [3.63, 3.8) is 0 Å². The highest BCUT2D eigenvalue weighted by atomic mass is 32.2. The number of anilines is 1. The van der Waals surface area contributed by atoms with Gasteiger partial charge in [0.2, 0.25) is 10.0 Å². The predicted octanol–water partition coefficient (Wildman–Crippen LogP) is 0.644. The number of hydrogen-bond acceptors (Lipinski definition) is 6. The average molecular weight is 317 g/mol. The lowest BCUT2D eigenvalue weighted by molar-refractivity contribution is -0.385. The molecule has 1 aromatic rings. The van der Waals surface area contributed by atoms with Gasteiger partial charge in [-0.05, 0) is 12.1 Å². The summed E-state index contributed by atoms with van der Waals surface area (Å²) in [5, 5.41) is 22.3.